The highest BCUT2D eigenvalue weighted by atomic mass is 19.4. The highest BCUT2D eigenvalue weighted by molar-refractivity contribution is 5.97. The van der Waals surface area contributed by atoms with Gasteiger partial charge in [-0.3, -0.25) is 19.2 Å². The number of nitrogens with two attached hydrogens (primary N) is 2. The van der Waals surface area contributed by atoms with Crippen LogP contribution in [0.1, 0.15) is 125 Å². The predicted octanol–water partition coefficient (Wildman–Crippen LogP) is 15.4. The number of ketones is 2. The molecule has 0 saturated carbocycles. The molecule has 6 aromatic rings. The highest BCUT2D eigenvalue weighted by Crippen LogP contribution is 2.41. The van der Waals surface area contributed by atoms with E-state index in [1.54, 1.807) is 45.1 Å². The maximum absolute atomic E-state index is 13.3. The molecule has 8 rings (SSSR count). The molecule has 0 aliphatic heterocycles. The summed E-state index contributed by atoms with van der Waals surface area (Å²) < 4.78 is 190. The number of allylic oxidation sites excluding steroid dienone is 2. The molecule has 0 fully saturated rings. The number of hydrogen-bond donors (Lipinski definition) is 5. The summed E-state index contributed by atoms with van der Waals surface area (Å²) in [6, 6.07) is 19.7. The zero-order chi connectivity index (χ0) is 67.0. The van der Waals surface area contributed by atoms with E-state index in [1.165, 1.54) is 41.3 Å². The van der Waals surface area contributed by atoms with Crippen molar-refractivity contribution in [3.63, 3.8) is 0 Å². The Labute approximate surface area is 512 Å². The number of aryl methyl sites for hydroxylation is 2. The van der Waals surface area contributed by atoms with Crippen molar-refractivity contribution in [1.29, 1.82) is 0 Å². The number of anilines is 4. The van der Waals surface area contributed by atoms with Crippen molar-refractivity contribution in [1.82, 2.24) is 10.2 Å². The van der Waals surface area contributed by atoms with E-state index in [0.717, 1.165) is 52.8 Å². The van der Waals surface area contributed by atoms with Crippen molar-refractivity contribution >= 4 is 64.4 Å². The Morgan fingerprint density at radius 3 is 1.38 bits per heavy atom. The zero-order valence-corrected chi connectivity index (χ0v) is 48.8. The minimum absolute atomic E-state index is 0.00190. The third-order valence-electron chi connectivity index (χ3n) is 14.4. The lowest BCUT2D eigenvalue weighted by atomic mass is 10.0. The van der Waals surface area contributed by atoms with Crippen LogP contribution in [-0.2, 0) is 74.3 Å². The van der Waals surface area contributed by atoms with E-state index in [0.29, 0.717) is 53.8 Å². The van der Waals surface area contributed by atoms with Crippen molar-refractivity contribution in [3.8, 4) is 0 Å². The number of amides is 3. The van der Waals surface area contributed by atoms with E-state index < -0.39 is 106 Å². The number of hydrogen-bond acceptors (Lipinski definition) is 9. The Kier molecular flexibility index (Phi) is 21.7. The SMILES string of the molecule is CC(C)(C)OC(=O)N(CCC(=O)Nc1cc(C(F)(F)F)cc(C(F)(F)F)c1)C1CCc2cc(/C=C/C(=O)Cc3ccc(F)cc3N)ccc21.Nc1cc(F)ccc1CC(=O)/C=C/c1ccc2c(c1)CCC2NCCC(=O)Nc1cc(C(F)(F)F)cc(C(F)(F)F)c1. The van der Waals surface area contributed by atoms with Crippen molar-refractivity contribution in [2.24, 2.45) is 0 Å². The molecule has 12 nitrogen and oxygen atoms in total. The molecule has 2 atom stereocenters. The summed E-state index contributed by atoms with van der Waals surface area (Å²) in [5.74, 6) is -3.09. The second kappa shape index (κ2) is 28.4. The minimum atomic E-state index is -5.09. The van der Waals surface area contributed by atoms with Gasteiger partial charge in [0.15, 0.2) is 11.6 Å². The first-order chi connectivity index (χ1) is 42.4. The number of alkyl halides is 12. The fourth-order valence-electron chi connectivity index (χ4n) is 10.1. The van der Waals surface area contributed by atoms with Crippen LogP contribution in [0.4, 0.5) is 89.0 Å². The van der Waals surface area contributed by atoms with Crippen LogP contribution < -0.4 is 27.4 Å². The lowest BCUT2D eigenvalue weighted by Gasteiger charge is -2.32. The molecule has 0 aromatic heterocycles. The van der Waals surface area contributed by atoms with Crippen LogP contribution >= 0.6 is 0 Å². The Hall–Kier alpha value is -9.07. The Morgan fingerprint density at radius 2 is 0.956 bits per heavy atom. The molecule has 2 unspecified atom stereocenters. The molecular formula is C65H60F14N6O6. The number of rotatable bonds is 18. The number of halogens is 14. The molecule has 2 aliphatic carbocycles. The number of benzene rings is 6. The van der Waals surface area contributed by atoms with Gasteiger partial charge in [0.05, 0.1) is 28.3 Å². The van der Waals surface area contributed by atoms with Crippen molar-refractivity contribution in [3.05, 3.63) is 200 Å². The second-order valence-electron chi connectivity index (χ2n) is 22.5. The van der Waals surface area contributed by atoms with Gasteiger partial charge in [-0.25, -0.2) is 13.6 Å². The van der Waals surface area contributed by atoms with Gasteiger partial charge in [0.25, 0.3) is 0 Å². The number of ether oxygens (including phenoxy) is 1. The quantitative estimate of drug-likeness (QED) is 0.0317. The van der Waals surface area contributed by atoms with Crippen molar-refractivity contribution in [2.45, 2.75) is 115 Å². The fourth-order valence-corrected chi connectivity index (χ4v) is 10.1. The van der Waals surface area contributed by atoms with E-state index >= 15 is 0 Å². The van der Waals surface area contributed by atoms with Crippen LogP contribution in [0.2, 0.25) is 0 Å². The second-order valence-corrected chi connectivity index (χ2v) is 22.5. The lowest BCUT2D eigenvalue weighted by molar-refractivity contribution is -0.144. The predicted molar refractivity (Wildman–Crippen MR) is 312 cm³/mol. The summed E-state index contributed by atoms with van der Waals surface area (Å²) in [4.78, 5) is 64.6. The van der Waals surface area contributed by atoms with Crippen LogP contribution in [0.5, 0.6) is 0 Å². The highest BCUT2D eigenvalue weighted by Gasteiger charge is 2.40. The molecule has 91 heavy (non-hydrogen) atoms. The molecule has 0 heterocycles. The molecule has 0 radical (unpaired) electrons. The topological polar surface area (TPSA) is 186 Å². The average Bonchev–Trinajstić information content (AvgIpc) is 1.84. The summed E-state index contributed by atoms with van der Waals surface area (Å²) in [7, 11) is 0. The van der Waals surface area contributed by atoms with E-state index in [4.69, 9.17) is 16.2 Å². The number of nitrogen functional groups attached to an aromatic ring is 2. The average molecular weight is 1290 g/mol. The van der Waals surface area contributed by atoms with Gasteiger partial charge in [0.1, 0.15) is 17.2 Å². The van der Waals surface area contributed by atoms with Crippen LogP contribution in [0.3, 0.4) is 0 Å². The number of nitrogens with zero attached hydrogens (tertiary/aromatic N) is 1. The molecule has 0 bridgehead atoms. The number of carbonyl (C=O) groups excluding carboxylic acids is 5. The molecule has 26 heteroatoms. The number of carbonyl (C=O) groups is 5. The van der Waals surface area contributed by atoms with E-state index in [2.05, 4.69) is 16.0 Å². The molecule has 6 aromatic carbocycles. The van der Waals surface area contributed by atoms with Gasteiger partial charge in [0, 0.05) is 67.6 Å². The van der Waals surface area contributed by atoms with Crippen molar-refractivity contribution < 1.29 is 90.2 Å². The fraction of sp³-hybridized carbons (Fsp3) is 0.308. The summed E-state index contributed by atoms with van der Waals surface area (Å²) in [5.41, 5.74) is 9.72. The Balaban J connectivity index is 0.000000261. The van der Waals surface area contributed by atoms with Crippen LogP contribution in [0.25, 0.3) is 12.2 Å². The van der Waals surface area contributed by atoms with Gasteiger partial charge in [-0.05, 0) is 164 Å². The first kappa shape index (κ1) is 69.4. The van der Waals surface area contributed by atoms with Gasteiger partial charge >= 0.3 is 30.8 Å². The van der Waals surface area contributed by atoms with Gasteiger partial charge < -0.3 is 37.1 Å². The summed E-state index contributed by atoms with van der Waals surface area (Å²) >= 11 is 0. The summed E-state index contributed by atoms with van der Waals surface area (Å²) in [5, 5.41) is 7.42. The van der Waals surface area contributed by atoms with E-state index in [-0.39, 0.29) is 73.5 Å². The largest absolute Gasteiger partial charge is 0.444 e. The van der Waals surface area contributed by atoms with Gasteiger partial charge in [-0.15, -0.1) is 0 Å². The first-order valence-electron chi connectivity index (χ1n) is 28.1. The number of nitrogens with one attached hydrogen (secondary N) is 3. The van der Waals surface area contributed by atoms with E-state index in [1.807, 2.05) is 24.3 Å². The minimum Gasteiger partial charge on any atom is -0.444 e. The van der Waals surface area contributed by atoms with Crippen LogP contribution in [0, 0.1) is 11.6 Å². The Morgan fingerprint density at radius 1 is 0.538 bits per heavy atom. The third kappa shape index (κ3) is 20.0. The monoisotopic (exact) mass is 1290 g/mol. The maximum atomic E-state index is 13.3. The normalized spacial score (nSPS) is 15.0. The Bertz CT molecular complexity index is 3690. The smallest absolute Gasteiger partial charge is 0.416 e. The molecule has 0 spiro atoms. The summed E-state index contributed by atoms with van der Waals surface area (Å²) in [6.07, 6.45) is -13.1. The van der Waals surface area contributed by atoms with Gasteiger partial charge in [-0.1, -0.05) is 60.7 Å². The molecule has 3 amide bonds. The molecular weight excluding hydrogens is 1230 g/mol. The van der Waals surface area contributed by atoms with E-state index in [9.17, 15) is 85.4 Å². The molecule has 0 saturated heterocycles. The summed E-state index contributed by atoms with van der Waals surface area (Å²) in [6.45, 7) is 4.83. The first-order valence-corrected chi connectivity index (χ1v) is 28.1. The van der Waals surface area contributed by atoms with Crippen LogP contribution in [-0.4, -0.2) is 53.1 Å². The lowest BCUT2D eigenvalue weighted by Crippen LogP contribution is -2.40. The maximum Gasteiger partial charge on any atom is 0.416 e. The van der Waals surface area contributed by atoms with Crippen LogP contribution in [0.15, 0.2) is 121 Å². The molecule has 7 N–H and O–H groups in total. The standard InChI is InChI=1S/C35H34F7N3O4.C30H26F7N3O2/c1-33(2,3)49-32(48)45(13-12-31(47)44-26-17-23(34(37,38)39)16-24(18-26)35(40,41)42)30-11-7-21-14-20(5-10-28(21)30)4-9-27(46)15-22-6-8-25(36)19-29(22)43;31-22-5-3-19(26(38)16-22)12-24(41)6-1-17-2-7-25-18(11-17)4-8-27(25)39-10-9-28(42)40-23-14-20(29(32,33)34)13-21(15-23)30(35,36)37/h4-6,8-10,14,16-19,30H,7,11-13,15,43H2,1-3H3,(H,44,47);1-3,5-7,11,13-16,27,39H,4,8-10,12,38H2,(H,40,42)/b9-4+;6-1+. The molecule has 484 valence electrons. The van der Waals surface area contributed by atoms with Crippen molar-refractivity contribution in [2.75, 3.05) is 35.2 Å². The van der Waals surface area contributed by atoms with Gasteiger partial charge in [-0.2, -0.15) is 52.7 Å². The molecule has 2 aliphatic rings. The third-order valence-corrected chi connectivity index (χ3v) is 14.4. The van der Waals surface area contributed by atoms with Gasteiger partial charge in [0.2, 0.25) is 11.8 Å². The number of fused-ring (bicyclic) bond motifs is 2. The zero-order valence-electron chi connectivity index (χ0n) is 48.8.